The molecule has 3 nitrogen and oxygen atoms in total. The van der Waals surface area contributed by atoms with E-state index in [1.54, 1.807) is 0 Å². The second-order valence-electron chi connectivity index (χ2n) is 5.74. The highest BCUT2D eigenvalue weighted by Crippen LogP contribution is 2.37. The standard InChI is InChI=1S/C17H18N2OS/c1-10-5-6-13-12(7-10)8-14(20-13)17(19-18)16-9-11-3-2-4-15(11)21-16/h5-9,17,19H,2-4,18H2,1H3. The fourth-order valence-corrected chi connectivity index (χ4v) is 4.45. The average molecular weight is 298 g/mol. The Morgan fingerprint density at radius 3 is 2.95 bits per heavy atom. The molecular formula is C17H18N2OS. The van der Waals surface area contributed by atoms with Crippen molar-refractivity contribution >= 4 is 22.3 Å². The van der Waals surface area contributed by atoms with Gasteiger partial charge in [-0.15, -0.1) is 11.3 Å². The van der Waals surface area contributed by atoms with Gasteiger partial charge in [0.1, 0.15) is 17.4 Å². The molecule has 0 fully saturated rings. The van der Waals surface area contributed by atoms with Crippen molar-refractivity contribution in [2.75, 3.05) is 0 Å². The monoisotopic (exact) mass is 298 g/mol. The molecule has 1 aliphatic rings. The van der Waals surface area contributed by atoms with Crippen LogP contribution in [0.2, 0.25) is 0 Å². The van der Waals surface area contributed by atoms with Gasteiger partial charge in [0.25, 0.3) is 0 Å². The fraction of sp³-hybridized carbons (Fsp3) is 0.294. The Hall–Kier alpha value is -1.62. The van der Waals surface area contributed by atoms with Gasteiger partial charge in [0.05, 0.1) is 0 Å². The van der Waals surface area contributed by atoms with Gasteiger partial charge in [-0.05, 0) is 56.0 Å². The summed E-state index contributed by atoms with van der Waals surface area (Å²) in [5.41, 5.74) is 6.56. The number of nitrogens with one attached hydrogen (secondary N) is 1. The molecule has 2 heterocycles. The lowest BCUT2D eigenvalue weighted by atomic mass is 10.1. The lowest BCUT2D eigenvalue weighted by molar-refractivity contribution is 0.481. The number of thiophene rings is 1. The van der Waals surface area contributed by atoms with E-state index in [9.17, 15) is 0 Å². The number of rotatable bonds is 3. The zero-order valence-corrected chi connectivity index (χ0v) is 12.8. The van der Waals surface area contributed by atoms with Crippen molar-refractivity contribution in [3.8, 4) is 0 Å². The molecule has 0 bridgehead atoms. The number of benzene rings is 1. The highest BCUT2D eigenvalue weighted by Gasteiger charge is 2.23. The zero-order chi connectivity index (χ0) is 14.4. The first-order chi connectivity index (χ1) is 10.2. The van der Waals surface area contributed by atoms with Crippen molar-refractivity contribution in [1.82, 2.24) is 5.43 Å². The number of hydrogen-bond acceptors (Lipinski definition) is 4. The van der Waals surface area contributed by atoms with Crippen LogP contribution in [0.25, 0.3) is 11.0 Å². The van der Waals surface area contributed by atoms with Gasteiger partial charge in [0.15, 0.2) is 0 Å². The Kier molecular flexibility index (Phi) is 3.10. The minimum atomic E-state index is -0.0618. The number of furan rings is 1. The minimum Gasteiger partial charge on any atom is -0.459 e. The van der Waals surface area contributed by atoms with E-state index in [1.165, 1.54) is 40.1 Å². The first-order valence-corrected chi connectivity index (χ1v) is 8.14. The van der Waals surface area contributed by atoms with Crippen LogP contribution in [0.15, 0.2) is 34.7 Å². The van der Waals surface area contributed by atoms with Gasteiger partial charge in [-0.25, -0.2) is 5.43 Å². The Morgan fingerprint density at radius 1 is 1.24 bits per heavy atom. The molecule has 0 spiro atoms. The van der Waals surface area contributed by atoms with Crippen molar-refractivity contribution in [3.05, 3.63) is 57.0 Å². The quantitative estimate of drug-likeness (QED) is 0.570. The molecule has 0 radical (unpaired) electrons. The number of aryl methyl sites for hydroxylation is 3. The zero-order valence-electron chi connectivity index (χ0n) is 12.0. The molecule has 4 heteroatoms. The summed E-state index contributed by atoms with van der Waals surface area (Å²) in [5.74, 6) is 6.69. The lowest BCUT2D eigenvalue weighted by Gasteiger charge is -2.11. The van der Waals surface area contributed by atoms with Gasteiger partial charge in [0, 0.05) is 15.1 Å². The van der Waals surface area contributed by atoms with Crippen molar-refractivity contribution < 1.29 is 4.42 Å². The van der Waals surface area contributed by atoms with Crippen LogP contribution < -0.4 is 11.3 Å². The highest BCUT2D eigenvalue weighted by molar-refractivity contribution is 7.12. The largest absolute Gasteiger partial charge is 0.459 e. The molecule has 1 atom stereocenters. The first kappa shape index (κ1) is 13.1. The summed E-state index contributed by atoms with van der Waals surface area (Å²) in [4.78, 5) is 2.76. The van der Waals surface area contributed by atoms with Gasteiger partial charge >= 0.3 is 0 Å². The summed E-state index contributed by atoms with van der Waals surface area (Å²) in [7, 11) is 0. The maximum absolute atomic E-state index is 6.00. The molecular weight excluding hydrogens is 280 g/mol. The third kappa shape index (κ3) is 2.20. The summed E-state index contributed by atoms with van der Waals surface area (Å²) >= 11 is 1.86. The van der Waals surface area contributed by atoms with E-state index in [0.717, 1.165) is 16.7 Å². The van der Waals surface area contributed by atoms with Crippen molar-refractivity contribution in [1.29, 1.82) is 0 Å². The maximum Gasteiger partial charge on any atom is 0.134 e. The van der Waals surface area contributed by atoms with Crippen molar-refractivity contribution in [2.24, 2.45) is 5.84 Å². The molecule has 0 aliphatic heterocycles. The SMILES string of the molecule is Cc1ccc2oc(C(NN)c3cc4c(s3)CCC4)cc2c1. The summed E-state index contributed by atoms with van der Waals surface area (Å²) in [6.45, 7) is 2.09. The van der Waals surface area contributed by atoms with Gasteiger partial charge < -0.3 is 4.42 Å². The van der Waals surface area contributed by atoms with E-state index in [2.05, 4.69) is 36.6 Å². The van der Waals surface area contributed by atoms with Crippen LogP contribution in [-0.2, 0) is 12.8 Å². The van der Waals surface area contributed by atoms with Crippen LogP contribution in [0.5, 0.6) is 0 Å². The maximum atomic E-state index is 6.00. The van der Waals surface area contributed by atoms with E-state index in [-0.39, 0.29) is 6.04 Å². The summed E-state index contributed by atoms with van der Waals surface area (Å²) in [5, 5.41) is 1.13. The number of fused-ring (bicyclic) bond motifs is 2. The van der Waals surface area contributed by atoms with Crippen molar-refractivity contribution in [3.63, 3.8) is 0 Å². The average Bonchev–Trinajstić information content (AvgIpc) is 3.12. The normalized spacial score (nSPS) is 15.5. The molecule has 2 aromatic heterocycles. The molecule has 0 saturated heterocycles. The summed E-state index contributed by atoms with van der Waals surface area (Å²) < 4.78 is 6.00. The first-order valence-electron chi connectivity index (χ1n) is 7.32. The highest BCUT2D eigenvalue weighted by atomic mass is 32.1. The number of hydrazine groups is 1. The van der Waals surface area contributed by atoms with E-state index >= 15 is 0 Å². The summed E-state index contributed by atoms with van der Waals surface area (Å²) in [6, 6.07) is 10.6. The molecule has 0 saturated carbocycles. The molecule has 1 unspecified atom stereocenters. The van der Waals surface area contributed by atoms with E-state index < -0.39 is 0 Å². The smallest absolute Gasteiger partial charge is 0.134 e. The van der Waals surface area contributed by atoms with Gasteiger partial charge in [-0.2, -0.15) is 0 Å². The van der Waals surface area contributed by atoms with Gasteiger partial charge in [0.2, 0.25) is 0 Å². The molecule has 21 heavy (non-hydrogen) atoms. The van der Waals surface area contributed by atoms with Crippen LogP contribution >= 0.6 is 11.3 Å². The third-order valence-corrected chi connectivity index (χ3v) is 5.49. The molecule has 0 amide bonds. The molecule has 1 aromatic carbocycles. The Morgan fingerprint density at radius 2 is 2.14 bits per heavy atom. The van der Waals surface area contributed by atoms with Crippen LogP contribution in [-0.4, -0.2) is 0 Å². The van der Waals surface area contributed by atoms with Gasteiger partial charge in [-0.1, -0.05) is 11.6 Å². The minimum absolute atomic E-state index is 0.0618. The molecule has 4 rings (SSSR count). The predicted molar refractivity (Wildman–Crippen MR) is 86.5 cm³/mol. The Labute approximate surface area is 127 Å². The van der Waals surface area contributed by atoms with Gasteiger partial charge in [-0.3, -0.25) is 5.84 Å². The van der Waals surface area contributed by atoms with Crippen molar-refractivity contribution in [2.45, 2.75) is 32.2 Å². The lowest BCUT2D eigenvalue weighted by Crippen LogP contribution is -2.27. The summed E-state index contributed by atoms with van der Waals surface area (Å²) in [6.07, 6.45) is 3.69. The Balaban J connectivity index is 1.76. The van der Waals surface area contributed by atoms with E-state index in [1.807, 2.05) is 17.4 Å². The van der Waals surface area contributed by atoms with Crippen LogP contribution in [0.4, 0.5) is 0 Å². The topological polar surface area (TPSA) is 51.2 Å². The number of nitrogens with two attached hydrogens (primary N) is 1. The van der Waals surface area contributed by atoms with Crippen LogP contribution in [0.3, 0.4) is 0 Å². The third-order valence-electron chi connectivity index (χ3n) is 4.19. The van der Waals surface area contributed by atoms with E-state index in [0.29, 0.717) is 0 Å². The molecule has 108 valence electrons. The molecule has 3 aromatic rings. The van der Waals surface area contributed by atoms with E-state index in [4.69, 9.17) is 10.3 Å². The van der Waals surface area contributed by atoms with Crippen LogP contribution in [0, 0.1) is 6.92 Å². The molecule has 3 N–H and O–H groups in total. The fourth-order valence-electron chi connectivity index (χ4n) is 3.12. The number of hydrogen-bond donors (Lipinski definition) is 2. The second-order valence-corrected chi connectivity index (χ2v) is 6.91. The second kappa shape index (κ2) is 4.98. The predicted octanol–water partition coefficient (Wildman–Crippen LogP) is 3.84. The van der Waals surface area contributed by atoms with Crippen LogP contribution in [0.1, 0.15) is 39.1 Å². The molecule has 1 aliphatic carbocycles. The Bertz CT molecular complexity index is 781.